The number of aryl methyl sites for hydroxylation is 1. The van der Waals surface area contributed by atoms with Crippen molar-refractivity contribution in [3.05, 3.63) is 83.7 Å². The van der Waals surface area contributed by atoms with Gasteiger partial charge in [0.15, 0.2) is 5.82 Å². The van der Waals surface area contributed by atoms with Crippen LogP contribution >= 0.6 is 0 Å². The monoisotopic (exact) mass is 385 g/mol. The van der Waals surface area contributed by atoms with Gasteiger partial charge in [-0.15, -0.1) is 0 Å². The van der Waals surface area contributed by atoms with Crippen LogP contribution in [0, 0.1) is 0 Å². The van der Waals surface area contributed by atoms with Crippen LogP contribution in [-0.4, -0.2) is 15.0 Å². The zero-order valence-electron chi connectivity index (χ0n) is 17.3. The van der Waals surface area contributed by atoms with Crippen LogP contribution in [0.5, 0.6) is 0 Å². The quantitative estimate of drug-likeness (QED) is 0.674. The molecule has 1 aromatic carbocycles. The van der Waals surface area contributed by atoms with Gasteiger partial charge in [-0.2, -0.15) is 0 Å². The number of anilines is 3. The molecule has 0 fully saturated rings. The van der Waals surface area contributed by atoms with Gasteiger partial charge in [0, 0.05) is 18.3 Å². The van der Waals surface area contributed by atoms with Crippen molar-refractivity contribution in [3.8, 4) is 0 Å². The van der Waals surface area contributed by atoms with Gasteiger partial charge in [-0.3, -0.25) is 4.90 Å². The highest BCUT2D eigenvalue weighted by Gasteiger charge is 2.31. The highest BCUT2D eigenvalue weighted by molar-refractivity contribution is 5.73. The summed E-state index contributed by atoms with van der Waals surface area (Å²) in [4.78, 5) is 15.6. The molecule has 1 aliphatic rings. The lowest BCUT2D eigenvalue weighted by molar-refractivity contribution is 0.518. The van der Waals surface area contributed by atoms with Gasteiger partial charge in [0.2, 0.25) is 0 Å². The second-order valence-corrected chi connectivity index (χ2v) is 8.36. The maximum atomic E-state index is 6.12. The molecule has 1 aliphatic carbocycles. The molecule has 148 valence electrons. The van der Waals surface area contributed by atoms with Crippen LogP contribution in [0.4, 0.5) is 17.2 Å². The summed E-state index contributed by atoms with van der Waals surface area (Å²) in [5.41, 5.74) is 12.8. The van der Waals surface area contributed by atoms with Crippen molar-refractivity contribution >= 4 is 17.2 Å². The fourth-order valence-corrected chi connectivity index (χ4v) is 4.30. The van der Waals surface area contributed by atoms with Crippen LogP contribution in [0.1, 0.15) is 49.7 Å². The molecule has 2 heterocycles. The molecule has 0 bridgehead atoms. The Morgan fingerprint density at radius 3 is 2.59 bits per heavy atom. The predicted molar refractivity (Wildman–Crippen MR) is 118 cm³/mol. The van der Waals surface area contributed by atoms with Gasteiger partial charge < -0.3 is 5.73 Å². The van der Waals surface area contributed by atoms with E-state index in [9.17, 15) is 0 Å². The molecule has 2 aromatic heterocycles. The van der Waals surface area contributed by atoms with E-state index in [0.717, 1.165) is 30.1 Å². The average Bonchev–Trinajstić information content (AvgIpc) is 3.00. The molecule has 5 heteroatoms. The van der Waals surface area contributed by atoms with Crippen LogP contribution in [0.25, 0.3) is 0 Å². The van der Waals surface area contributed by atoms with E-state index in [-0.39, 0.29) is 5.41 Å². The lowest BCUT2D eigenvalue weighted by atomic mass is 9.83. The third-order valence-electron chi connectivity index (χ3n) is 5.64. The number of rotatable bonds is 5. The Balaban J connectivity index is 1.63. The number of nitrogen functional groups attached to an aromatic ring is 1. The third-order valence-corrected chi connectivity index (χ3v) is 5.64. The first-order valence-corrected chi connectivity index (χ1v) is 9.95. The second-order valence-electron chi connectivity index (χ2n) is 8.36. The Morgan fingerprint density at radius 2 is 1.90 bits per heavy atom. The maximum absolute atomic E-state index is 6.12. The molecule has 3 aromatic rings. The first-order valence-electron chi connectivity index (χ1n) is 9.95. The number of fused-ring (bicyclic) bond motifs is 1. The van der Waals surface area contributed by atoms with Crippen LogP contribution in [0.3, 0.4) is 0 Å². The van der Waals surface area contributed by atoms with Crippen LogP contribution < -0.4 is 10.6 Å². The van der Waals surface area contributed by atoms with Crippen LogP contribution in [-0.2, 0) is 18.3 Å². The summed E-state index contributed by atoms with van der Waals surface area (Å²) in [6, 6.07) is 10.2. The van der Waals surface area contributed by atoms with Gasteiger partial charge in [0.25, 0.3) is 0 Å². The number of nitrogens with two attached hydrogens (primary N) is 1. The van der Waals surface area contributed by atoms with Gasteiger partial charge in [-0.1, -0.05) is 38.6 Å². The molecule has 2 N–H and O–H groups in total. The minimum Gasteiger partial charge on any atom is -0.396 e. The number of aromatic nitrogens is 3. The molecule has 0 atom stereocenters. The lowest BCUT2D eigenvalue weighted by Crippen LogP contribution is -2.18. The number of nitrogens with zero attached hydrogens (tertiary/aromatic N) is 4. The summed E-state index contributed by atoms with van der Waals surface area (Å²) in [6.45, 7) is 10.6. The first kappa shape index (κ1) is 19.1. The van der Waals surface area contributed by atoms with E-state index in [1.165, 1.54) is 23.1 Å². The van der Waals surface area contributed by atoms with Crippen molar-refractivity contribution in [1.82, 2.24) is 15.0 Å². The molecule has 5 nitrogen and oxygen atoms in total. The molecule has 0 radical (unpaired) electrons. The van der Waals surface area contributed by atoms with Crippen molar-refractivity contribution in [1.29, 1.82) is 0 Å². The normalized spacial score (nSPS) is 14.4. The van der Waals surface area contributed by atoms with E-state index < -0.39 is 0 Å². The molecule has 29 heavy (non-hydrogen) atoms. The molecule has 0 amide bonds. The van der Waals surface area contributed by atoms with E-state index in [4.69, 9.17) is 5.73 Å². The van der Waals surface area contributed by atoms with Gasteiger partial charge in [0.05, 0.1) is 23.8 Å². The summed E-state index contributed by atoms with van der Waals surface area (Å²) in [6.07, 6.45) is 8.42. The van der Waals surface area contributed by atoms with Gasteiger partial charge in [0.1, 0.15) is 5.82 Å². The Hall–Kier alpha value is -3.21. The summed E-state index contributed by atoms with van der Waals surface area (Å²) in [7, 11) is 0. The lowest BCUT2D eigenvalue weighted by Gasteiger charge is -2.24. The van der Waals surface area contributed by atoms with Gasteiger partial charge >= 0.3 is 0 Å². The van der Waals surface area contributed by atoms with E-state index in [0.29, 0.717) is 11.5 Å². The minimum atomic E-state index is 0.207. The molecular weight excluding hydrogens is 358 g/mol. The molecule has 0 saturated heterocycles. The molecule has 4 rings (SSSR count). The third kappa shape index (κ3) is 3.60. The predicted octanol–water partition coefficient (Wildman–Crippen LogP) is 4.94. The first-order chi connectivity index (χ1) is 13.9. The summed E-state index contributed by atoms with van der Waals surface area (Å²) < 4.78 is 0. The number of hydrogen-bond acceptors (Lipinski definition) is 5. The summed E-state index contributed by atoms with van der Waals surface area (Å²) in [5, 5.41) is 0. The molecular formula is C24H27N5. The van der Waals surface area contributed by atoms with Crippen molar-refractivity contribution < 1.29 is 0 Å². The van der Waals surface area contributed by atoms with Crippen molar-refractivity contribution in [2.24, 2.45) is 0 Å². The number of benzene rings is 1. The Bertz CT molecular complexity index is 1050. The van der Waals surface area contributed by atoms with E-state index in [1.807, 2.05) is 36.4 Å². The Kier molecular flexibility index (Phi) is 4.82. The van der Waals surface area contributed by atoms with Crippen LogP contribution in [0.15, 0.2) is 61.2 Å². The van der Waals surface area contributed by atoms with Gasteiger partial charge in [-0.05, 0) is 54.0 Å². The van der Waals surface area contributed by atoms with Crippen molar-refractivity contribution in [2.45, 2.75) is 45.4 Å². The second kappa shape index (κ2) is 7.32. The average molecular weight is 386 g/mol. The smallest absolute Gasteiger partial charge is 0.160 e. The topological polar surface area (TPSA) is 67.9 Å². The standard InChI is InChI=1S/C24H27N5/c1-16(2)29(23-20(25)9-6-12-26-23)19-14-27-21(28-15-19)13-18-8-5-7-17-10-11-24(3,4)22(17)18/h5-9,12,14-15H,1,10-11,13,25H2,2-4H3. The Morgan fingerprint density at radius 1 is 1.14 bits per heavy atom. The van der Waals surface area contributed by atoms with Crippen molar-refractivity contribution in [3.63, 3.8) is 0 Å². The van der Waals surface area contributed by atoms with Crippen molar-refractivity contribution in [2.75, 3.05) is 10.6 Å². The number of pyridine rings is 1. The molecule has 0 unspecified atom stereocenters. The Labute approximate surface area is 172 Å². The maximum Gasteiger partial charge on any atom is 0.160 e. The SMILES string of the molecule is C=C(C)N(c1cnc(Cc2cccc3c2C(C)(C)CC3)nc1)c1ncccc1N. The molecule has 0 saturated carbocycles. The minimum absolute atomic E-state index is 0.207. The van der Waals surface area contributed by atoms with E-state index >= 15 is 0 Å². The zero-order chi connectivity index (χ0) is 20.6. The van der Waals surface area contributed by atoms with E-state index in [1.54, 1.807) is 6.20 Å². The molecule has 0 aliphatic heterocycles. The fourth-order valence-electron chi connectivity index (χ4n) is 4.30. The number of allylic oxidation sites excluding steroid dienone is 1. The fraction of sp³-hybridized carbons (Fsp3) is 0.292. The highest BCUT2D eigenvalue weighted by Crippen LogP contribution is 2.40. The summed E-state index contributed by atoms with van der Waals surface area (Å²) in [5.74, 6) is 1.44. The number of hydrogen-bond donors (Lipinski definition) is 1. The molecule has 0 spiro atoms. The summed E-state index contributed by atoms with van der Waals surface area (Å²) >= 11 is 0. The highest BCUT2D eigenvalue weighted by atomic mass is 15.2. The van der Waals surface area contributed by atoms with Gasteiger partial charge in [-0.25, -0.2) is 15.0 Å². The zero-order valence-corrected chi connectivity index (χ0v) is 17.3. The van der Waals surface area contributed by atoms with Crippen LogP contribution in [0.2, 0.25) is 0 Å². The van der Waals surface area contributed by atoms with E-state index in [2.05, 4.69) is 53.6 Å². The largest absolute Gasteiger partial charge is 0.396 e.